The minimum atomic E-state index is -0.178. The van der Waals surface area contributed by atoms with E-state index >= 15 is 0 Å². The fourth-order valence-corrected chi connectivity index (χ4v) is 6.21. The number of halogens is 1. The zero-order chi connectivity index (χ0) is 26.2. The molecule has 6 rings (SSSR count). The van der Waals surface area contributed by atoms with Crippen molar-refractivity contribution in [1.82, 2.24) is 19.4 Å². The third-order valence-electron chi connectivity index (χ3n) is 8.09. The van der Waals surface area contributed by atoms with Gasteiger partial charge in [-0.2, -0.15) is 0 Å². The molecule has 1 amide bonds. The molecule has 2 aliphatic rings. The van der Waals surface area contributed by atoms with Crippen LogP contribution in [0, 0.1) is 5.92 Å². The van der Waals surface area contributed by atoms with Gasteiger partial charge in [0.2, 0.25) is 5.91 Å². The number of nitrogens with zero attached hydrogens (tertiary/aromatic N) is 3. The molecule has 1 saturated heterocycles. The first-order valence-electron chi connectivity index (χ1n) is 13.5. The Morgan fingerprint density at radius 3 is 2.66 bits per heavy atom. The molecule has 4 aromatic rings. The number of piperidine rings is 1. The number of amides is 1. The van der Waals surface area contributed by atoms with Gasteiger partial charge in [0.25, 0.3) is 5.56 Å². The van der Waals surface area contributed by atoms with Crippen LogP contribution in [0.4, 0.5) is 0 Å². The van der Waals surface area contributed by atoms with Gasteiger partial charge in [-0.3, -0.25) is 9.59 Å². The van der Waals surface area contributed by atoms with Gasteiger partial charge in [0.1, 0.15) is 0 Å². The lowest BCUT2D eigenvalue weighted by atomic mass is 9.80. The van der Waals surface area contributed by atoms with E-state index in [0.717, 1.165) is 42.4 Å². The van der Waals surface area contributed by atoms with Crippen molar-refractivity contribution in [2.24, 2.45) is 13.0 Å². The summed E-state index contributed by atoms with van der Waals surface area (Å²) in [6.45, 7) is 2.88. The van der Waals surface area contributed by atoms with Crippen LogP contribution in [-0.2, 0) is 24.9 Å². The van der Waals surface area contributed by atoms with E-state index in [1.165, 1.54) is 22.0 Å². The van der Waals surface area contributed by atoms with Gasteiger partial charge < -0.3 is 19.4 Å². The second kappa shape index (κ2) is 10.5. The summed E-state index contributed by atoms with van der Waals surface area (Å²) in [4.78, 5) is 28.7. The molecule has 0 radical (unpaired) electrons. The van der Waals surface area contributed by atoms with Crippen molar-refractivity contribution in [1.29, 1.82) is 0 Å². The molecule has 1 aliphatic carbocycles. The molecule has 38 heavy (non-hydrogen) atoms. The van der Waals surface area contributed by atoms with Gasteiger partial charge in [-0.15, -0.1) is 0 Å². The highest BCUT2D eigenvalue weighted by atomic mass is 79.9. The fourth-order valence-electron chi connectivity index (χ4n) is 5.86. The molecule has 2 aromatic carbocycles. The molecule has 1 aliphatic heterocycles. The predicted molar refractivity (Wildman–Crippen MR) is 154 cm³/mol. The SMILES string of the molecule is Cn1ccc([C@H]2CCNCC2C(=O)N(Cc2cn(Cc3ccccc3)c3cc(Br)ccc23)C2CC2)cc1=O. The summed E-state index contributed by atoms with van der Waals surface area (Å²) < 4.78 is 4.93. The smallest absolute Gasteiger partial charge is 0.250 e. The Bertz CT molecular complexity index is 1520. The Balaban J connectivity index is 1.32. The Labute approximate surface area is 231 Å². The molecule has 0 spiro atoms. The number of rotatable bonds is 7. The highest BCUT2D eigenvalue weighted by Crippen LogP contribution is 2.37. The molecule has 1 saturated carbocycles. The van der Waals surface area contributed by atoms with Crippen LogP contribution < -0.4 is 10.9 Å². The maximum atomic E-state index is 14.2. The summed E-state index contributed by atoms with van der Waals surface area (Å²) in [7, 11) is 1.76. The molecule has 1 unspecified atom stereocenters. The van der Waals surface area contributed by atoms with Gasteiger partial charge in [-0.05, 0) is 66.6 Å². The summed E-state index contributed by atoms with van der Waals surface area (Å²) >= 11 is 3.65. The molecule has 2 fully saturated rings. The van der Waals surface area contributed by atoms with E-state index in [0.29, 0.717) is 13.1 Å². The Kier molecular flexibility index (Phi) is 6.97. The van der Waals surface area contributed by atoms with Crippen LogP contribution in [0.15, 0.2) is 82.3 Å². The van der Waals surface area contributed by atoms with Crippen LogP contribution in [0.3, 0.4) is 0 Å². The van der Waals surface area contributed by atoms with Crippen LogP contribution in [0.5, 0.6) is 0 Å². The number of hydrogen-bond acceptors (Lipinski definition) is 3. The predicted octanol–water partition coefficient (Wildman–Crippen LogP) is 5.04. The maximum Gasteiger partial charge on any atom is 0.250 e. The highest BCUT2D eigenvalue weighted by molar-refractivity contribution is 9.10. The molecule has 1 N–H and O–H groups in total. The second-order valence-corrected chi connectivity index (χ2v) is 11.7. The quantitative estimate of drug-likeness (QED) is 0.337. The number of aromatic nitrogens is 2. The summed E-state index contributed by atoms with van der Waals surface area (Å²) in [6, 6.07) is 20.9. The summed E-state index contributed by atoms with van der Waals surface area (Å²) in [5, 5.41) is 4.63. The third-order valence-corrected chi connectivity index (χ3v) is 8.58. The topological polar surface area (TPSA) is 59.3 Å². The number of nitrogens with one attached hydrogen (secondary N) is 1. The van der Waals surface area contributed by atoms with E-state index in [4.69, 9.17) is 0 Å². The van der Waals surface area contributed by atoms with Gasteiger partial charge in [-0.1, -0.05) is 52.3 Å². The lowest BCUT2D eigenvalue weighted by Crippen LogP contribution is -2.47. The van der Waals surface area contributed by atoms with Crippen LogP contribution in [0.25, 0.3) is 10.9 Å². The van der Waals surface area contributed by atoms with Crippen LogP contribution in [0.1, 0.15) is 41.9 Å². The molecular weight excluding hydrogens is 540 g/mol. The van der Waals surface area contributed by atoms with Crippen LogP contribution in [0.2, 0.25) is 0 Å². The molecule has 0 bridgehead atoms. The first kappa shape index (κ1) is 25.1. The second-order valence-electron chi connectivity index (χ2n) is 10.7. The van der Waals surface area contributed by atoms with Gasteiger partial charge >= 0.3 is 0 Å². The summed E-state index contributed by atoms with van der Waals surface area (Å²) in [6.07, 6.45) is 7.00. The number of pyridine rings is 1. The Morgan fingerprint density at radius 1 is 1.08 bits per heavy atom. The average Bonchev–Trinajstić information content (AvgIpc) is 3.72. The third kappa shape index (κ3) is 5.09. The number of aryl methyl sites for hydroxylation is 1. The molecule has 3 heterocycles. The highest BCUT2D eigenvalue weighted by Gasteiger charge is 2.40. The first-order valence-corrected chi connectivity index (χ1v) is 14.3. The lowest BCUT2D eigenvalue weighted by molar-refractivity contribution is -0.138. The number of benzene rings is 2. The van der Waals surface area contributed by atoms with Crippen molar-refractivity contribution in [3.05, 3.63) is 105 Å². The minimum Gasteiger partial charge on any atom is -0.343 e. The monoisotopic (exact) mass is 572 g/mol. The van der Waals surface area contributed by atoms with E-state index in [1.54, 1.807) is 17.7 Å². The number of fused-ring (bicyclic) bond motifs is 1. The standard InChI is InChI=1S/C31H33BrN4O2/c1-34-14-12-22(15-30(34)37)26-11-13-33-17-28(26)31(38)36(25-8-9-25)20-23-19-35(18-21-5-3-2-4-6-21)29-16-24(32)7-10-27(23)29/h2-7,10,12,14-16,19,25-26,28,33H,8-9,11,13,17-18,20H2,1H3/t26-,28?/m1/s1. The normalized spacial score (nSPS) is 19.5. The van der Waals surface area contributed by atoms with Crippen molar-refractivity contribution in [2.75, 3.05) is 13.1 Å². The van der Waals surface area contributed by atoms with Crippen molar-refractivity contribution < 1.29 is 4.79 Å². The van der Waals surface area contributed by atoms with Gasteiger partial charge in [0.05, 0.1) is 5.92 Å². The minimum absolute atomic E-state index is 0.0244. The average molecular weight is 574 g/mol. The van der Waals surface area contributed by atoms with E-state index in [-0.39, 0.29) is 29.3 Å². The molecule has 6 nitrogen and oxygen atoms in total. The Morgan fingerprint density at radius 2 is 1.89 bits per heavy atom. The van der Waals surface area contributed by atoms with Gasteiger partial charge in [0.15, 0.2) is 0 Å². The summed E-state index contributed by atoms with van der Waals surface area (Å²) in [5.41, 5.74) is 4.55. The van der Waals surface area contributed by atoms with E-state index in [2.05, 4.69) is 79.4 Å². The van der Waals surface area contributed by atoms with Crippen molar-refractivity contribution in [3.63, 3.8) is 0 Å². The van der Waals surface area contributed by atoms with Crippen LogP contribution in [-0.4, -0.2) is 39.1 Å². The van der Waals surface area contributed by atoms with Gasteiger partial charge in [-0.25, -0.2) is 0 Å². The maximum absolute atomic E-state index is 14.2. The summed E-state index contributed by atoms with van der Waals surface area (Å²) in [5.74, 6) is 0.0731. The van der Waals surface area contributed by atoms with Gasteiger partial charge in [0, 0.05) is 66.6 Å². The lowest BCUT2D eigenvalue weighted by Gasteiger charge is -2.35. The van der Waals surface area contributed by atoms with E-state index in [9.17, 15) is 9.59 Å². The molecule has 2 atom stereocenters. The first-order chi connectivity index (χ1) is 18.5. The molecule has 196 valence electrons. The van der Waals surface area contributed by atoms with Crippen molar-refractivity contribution >= 4 is 32.7 Å². The zero-order valence-electron chi connectivity index (χ0n) is 21.6. The van der Waals surface area contributed by atoms with Crippen molar-refractivity contribution in [2.45, 2.75) is 44.3 Å². The van der Waals surface area contributed by atoms with Crippen LogP contribution >= 0.6 is 15.9 Å². The molecule has 7 heteroatoms. The van der Waals surface area contributed by atoms with E-state index < -0.39 is 0 Å². The number of carbonyl (C=O) groups excluding carboxylic acids is 1. The zero-order valence-corrected chi connectivity index (χ0v) is 23.2. The van der Waals surface area contributed by atoms with E-state index in [1.807, 2.05) is 18.3 Å². The molecular formula is C31H33BrN4O2. The largest absolute Gasteiger partial charge is 0.343 e. The number of hydrogen-bond donors (Lipinski definition) is 1. The van der Waals surface area contributed by atoms with Crippen molar-refractivity contribution in [3.8, 4) is 0 Å². The fraction of sp³-hybridized carbons (Fsp3) is 0.355. The molecule has 2 aromatic heterocycles. The Hall–Kier alpha value is -3.16. The number of carbonyl (C=O) groups is 1.